The van der Waals surface area contributed by atoms with Gasteiger partial charge in [0, 0.05) is 36.3 Å². The molecule has 3 unspecified atom stereocenters. The number of halogens is 1. The first kappa shape index (κ1) is 19.2. The number of thiophene rings is 1. The molecule has 1 aliphatic carbocycles. The molecule has 1 aromatic heterocycles. The molecule has 3 rings (SSSR count). The third-order valence-electron chi connectivity index (χ3n) is 4.53. The minimum absolute atomic E-state index is 0. The third kappa shape index (κ3) is 4.72. The molecule has 5 heteroatoms. The SMILES string of the molecule is CN=C(NCC(C)c1cccs1)NC1CC1c1ccccc1C.I. The molecule has 24 heavy (non-hydrogen) atoms. The van der Waals surface area contributed by atoms with Crippen molar-refractivity contribution in [2.24, 2.45) is 4.99 Å². The number of rotatable bonds is 5. The normalized spacial score (nSPS) is 20.9. The van der Waals surface area contributed by atoms with Gasteiger partial charge in [0.2, 0.25) is 0 Å². The average Bonchev–Trinajstić information content (AvgIpc) is 3.09. The van der Waals surface area contributed by atoms with Gasteiger partial charge in [0.05, 0.1) is 0 Å². The van der Waals surface area contributed by atoms with E-state index in [4.69, 9.17) is 0 Å². The lowest BCUT2D eigenvalue weighted by Gasteiger charge is -2.15. The van der Waals surface area contributed by atoms with Crippen LogP contribution < -0.4 is 10.6 Å². The van der Waals surface area contributed by atoms with Gasteiger partial charge in [-0.05, 0) is 35.9 Å². The van der Waals surface area contributed by atoms with E-state index in [1.54, 1.807) is 0 Å². The van der Waals surface area contributed by atoms with E-state index in [0.717, 1.165) is 12.5 Å². The Balaban J connectivity index is 0.00000208. The lowest BCUT2D eigenvalue weighted by atomic mass is 10.0. The van der Waals surface area contributed by atoms with E-state index >= 15 is 0 Å². The van der Waals surface area contributed by atoms with Crippen molar-refractivity contribution in [3.05, 3.63) is 57.8 Å². The van der Waals surface area contributed by atoms with E-state index in [-0.39, 0.29) is 24.0 Å². The number of aliphatic imine (C=N–C) groups is 1. The Morgan fingerprint density at radius 1 is 1.29 bits per heavy atom. The van der Waals surface area contributed by atoms with Crippen LogP contribution in [0.5, 0.6) is 0 Å². The molecule has 2 aromatic rings. The molecule has 1 saturated carbocycles. The van der Waals surface area contributed by atoms with Crippen LogP contribution in [-0.2, 0) is 0 Å². The largest absolute Gasteiger partial charge is 0.356 e. The quantitative estimate of drug-likeness (QED) is 0.396. The van der Waals surface area contributed by atoms with Gasteiger partial charge in [-0.15, -0.1) is 35.3 Å². The van der Waals surface area contributed by atoms with Gasteiger partial charge < -0.3 is 10.6 Å². The van der Waals surface area contributed by atoms with Crippen molar-refractivity contribution in [3.63, 3.8) is 0 Å². The molecular weight excluding hydrogens is 429 g/mol. The minimum Gasteiger partial charge on any atom is -0.356 e. The standard InChI is InChI=1S/C19H25N3S.HI/c1-13-7-4-5-8-15(13)16-11-17(16)22-19(20-3)21-12-14(2)18-9-6-10-23-18;/h4-10,14,16-17H,11-12H2,1-3H3,(H2,20,21,22);1H. The lowest BCUT2D eigenvalue weighted by Crippen LogP contribution is -2.40. The Labute approximate surface area is 166 Å². The van der Waals surface area contributed by atoms with Gasteiger partial charge in [-0.1, -0.05) is 37.3 Å². The molecule has 0 spiro atoms. The van der Waals surface area contributed by atoms with Gasteiger partial charge in [-0.2, -0.15) is 0 Å². The van der Waals surface area contributed by atoms with Crippen LogP contribution in [0.2, 0.25) is 0 Å². The molecule has 2 N–H and O–H groups in total. The molecule has 0 bridgehead atoms. The van der Waals surface area contributed by atoms with E-state index in [2.05, 4.69) is 71.3 Å². The summed E-state index contributed by atoms with van der Waals surface area (Å²) in [6, 6.07) is 13.5. The first-order valence-electron chi connectivity index (χ1n) is 8.25. The Hall–Kier alpha value is -1.08. The van der Waals surface area contributed by atoms with Crippen LogP contribution in [0.3, 0.4) is 0 Å². The maximum Gasteiger partial charge on any atom is 0.191 e. The van der Waals surface area contributed by atoms with Crippen LogP contribution in [0.25, 0.3) is 0 Å². The predicted molar refractivity (Wildman–Crippen MR) is 115 cm³/mol. The molecule has 3 nitrogen and oxygen atoms in total. The molecule has 0 saturated heterocycles. The summed E-state index contributed by atoms with van der Waals surface area (Å²) in [5, 5.41) is 9.16. The summed E-state index contributed by atoms with van der Waals surface area (Å²) >= 11 is 1.82. The number of nitrogens with one attached hydrogen (secondary N) is 2. The smallest absolute Gasteiger partial charge is 0.191 e. The zero-order valence-corrected chi connectivity index (χ0v) is 17.6. The van der Waals surface area contributed by atoms with E-state index in [0.29, 0.717) is 17.9 Å². The van der Waals surface area contributed by atoms with Crippen LogP contribution in [0.1, 0.15) is 41.2 Å². The number of hydrogen-bond acceptors (Lipinski definition) is 2. The topological polar surface area (TPSA) is 36.4 Å². The Kier molecular flexibility index (Phi) is 7.10. The molecule has 1 aliphatic rings. The minimum atomic E-state index is 0. The van der Waals surface area contributed by atoms with Crippen LogP contribution in [0.4, 0.5) is 0 Å². The molecular formula is C19H26IN3S. The van der Waals surface area contributed by atoms with Crippen LogP contribution in [-0.4, -0.2) is 25.6 Å². The van der Waals surface area contributed by atoms with Gasteiger partial charge in [0.1, 0.15) is 0 Å². The fourth-order valence-corrected chi connectivity index (χ4v) is 3.78. The van der Waals surface area contributed by atoms with Crippen LogP contribution in [0.15, 0.2) is 46.8 Å². The zero-order valence-electron chi connectivity index (χ0n) is 14.5. The number of aryl methyl sites for hydroxylation is 1. The molecule has 3 atom stereocenters. The lowest BCUT2D eigenvalue weighted by molar-refractivity contribution is 0.704. The number of benzene rings is 1. The van der Waals surface area contributed by atoms with E-state index < -0.39 is 0 Å². The fraction of sp³-hybridized carbons (Fsp3) is 0.421. The summed E-state index contributed by atoms with van der Waals surface area (Å²) < 4.78 is 0. The number of nitrogens with zero attached hydrogens (tertiary/aromatic N) is 1. The average molecular weight is 455 g/mol. The van der Waals surface area contributed by atoms with Crippen molar-refractivity contribution in [2.45, 2.75) is 38.1 Å². The summed E-state index contributed by atoms with van der Waals surface area (Å²) in [4.78, 5) is 5.78. The third-order valence-corrected chi connectivity index (χ3v) is 5.63. The van der Waals surface area contributed by atoms with E-state index in [1.807, 2.05) is 18.4 Å². The van der Waals surface area contributed by atoms with Crippen molar-refractivity contribution >= 4 is 41.3 Å². The second kappa shape index (κ2) is 8.85. The summed E-state index contributed by atoms with van der Waals surface area (Å²) in [6.45, 7) is 5.35. The number of hydrogen-bond donors (Lipinski definition) is 2. The van der Waals surface area contributed by atoms with Gasteiger partial charge >= 0.3 is 0 Å². The monoisotopic (exact) mass is 455 g/mol. The van der Waals surface area contributed by atoms with Crippen molar-refractivity contribution in [2.75, 3.05) is 13.6 Å². The van der Waals surface area contributed by atoms with Gasteiger partial charge in [-0.3, -0.25) is 4.99 Å². The summed E-state index contributed by atoms with van der Waals surface area (Å²) in [7, 11) is 1.84. The highest BCUT2D eigenvalue weighted by Gasteiger charge is 2.39. The summed E-state index contributed by atoms with van der Waals surface area (Å²) in [6.07, 6.45) is 1.19. The van der Waals surface area contributed by atoms with Crippen LogP contribution in [0, 0.1) is 6.92 Å². The first-order valence-corrected chi connectivity index (χ1v) is 9.13. The second-order valence-corrected chi connectivity index (χ2v) is 7.30. The van der Waals surface area contributed by atoms with Gasteiger partial charge in [0.25, 0.3) is 0 Å². The van der Waals surface area contributed by atoms with Crippen molar-refractivity contribution in [1.29, 1.82) is 0 Å². The van der Waals surface area contributed by atoms with Crippen molar-refractivity contribution in [1.82, 2.24) is 10.6 Å². The van der Waals surface area contributed by atoms with Crippen molar-refractivity contribution < 1.29 is 0 Å². The second-order valence-electron chi connectivity index (χ2n) is 6.32. The maximum absolute atomic E-state index is 4.37. The Morgan fingerprint density at radius 2 is 2.08 bits per heavy atom. The highest BCUT2D eigenvalue weighted by molar-refractivity contribution is 14.0. The molecule has 130 valence electrons. The molecule has 1 heterocycles. The molecule has 0 amide bonds. The van der Waals surface area contributed by atoms with Crippen molar-refractivity contribution in [3.8, 4) is 0 Å². The molecule has 0 aliphatic heterocycles. The zero-order chi connectivity index (χ0) is 16.2. The van der Waals surface area contributed by atoms with Crippen LogP contribution >= 0.6 is 35.3 Å². The fourth-order valence-electron chi connectivity index (χ4n) is 2.99. The first-order chi connectivity index (χ1) is 11.2. The highest BCUT2D eigenvalue weighted by atomic mass is 127. The highest BCUT2D eigenvalue weighted by Crippen LogP contribution is 2.42. The Morgan fingerprint density at radius 3 is 2.75 bits per heavy atom. The Bertz CT molecular complexity index is 669. The number of guanidine groups is 1. The van der Waals surface area contributed by atoms with E-state index in [9.17, 15) is 0 Å². The predicted octanol–water partition coefficient (Wildman–Crippen LogP) is 4.50. The van der Waals surface area contributed by atoms with E-state index in [1.165, 1.54) is 22.4 Å². The van der Waals surface area contributed by atoms with Gasteiger partial charge in [0.15, 0.2) is 5.96 Å². The summed E-state index contributed by atoms with van der Waals surface area (Å²) in [5.74, 6) is 2.03. The molecule has 0 radical (unpaired) electrons. The summed E-state index contributed by atoms with van der Waals surface area (Å²) in [5.41, 5.74) is 2.85. The molecule has 1 fully saturated rings. The maximum atomic E-state index is 4.37. The molecule has 1 aromatic carbocycles. The van der Waals surface area contributed by atoms with Gasteiger partial charge in [-0.25, -0.2) is 0 Å².